The SMILES string of the molecule is O=[S+]([O-])(c1ccccc1)c1nnn2c1nc(N1CCC(F)CC1)c1ccccc12. The molecule has 0 radical (unpaired) electrons. The van der Waals surface area contributed by atoms with Gasteiger partial charge in [-0.1, -0.05) is 44.9 Å². The normalized spacial score (nSPS) is 17.7. The Morgan fingerprint density at radius 2 is 1.72 bits per heavy atom. The summed E-state index contributed by atoms with van der Waals surface area (Å²) in [6.07, 6.45) is 0.0359. The molecule has 0 N–H and O–H groups in total. The zero-order valence-corrected chi connectivity index (χ0v) is 16.3. The van der Waals surface area contributed by atoms with Crippen LogP contribution in [0.5, 0.6) is 0 Å². The number of aromatic nitrogens is 4. The number of para-hydroxylation sites is 1. The molecule has 148 valence electrons. The lowest BCUT2D eigenvalue weighted by Crippen LogP contribution is -2.35. The molecule has 3 heterocycles. The summed E-state index contributed by atoms with van der Waals surface area (Å²) in [7, 11) is -3.88. The second-order valence-electron chi connectivity index (χ2n) is 7.06. The van der Waals surface area contributed by atoms with Crippen LogP contribution < -0.4 is 4.90 Å². The molecular weight excluding hydrogens is 393 g/mol. The van der Waals surface area contributed by atoms with Gasteiger partial charge in [0.05, 0.1) is 5.52 Å². The molecule has 2 aromatic heterocycles. The minimum absolute atomic E-state index is 0.136. The summed E-state index contributed by atoms with van der Waals surface area (Å²) in [4.78, 5) is 6.81. The van der Waals surface area contributed by atoms with Crippen molar-refractivity contribution in [3.05, 3.63) is 54.6 Å². The average Bonchev–Trinajstić information content (AvgIpc) is 3.20. The molecule has 2 aromatic carbocycles. The number of piperidine rings is 1. The first kappa shape index (κ1) is 18.1. The Hall–Kier alpha value is -2.91. The molecule has 1 aliphatic rings. The molecule has 1 fully saturated rings. The van der Waals surface area contributed by atoms with Gasteiger partial charge in [-0.25, -0.2) is 9.37 Å². The highest BCUT2D eigenvalue weighted by molar-refractivity contribution is 7.97. The molecule has 1 aliphatic heterocycles. The molecule has 0 spiro atoms. The van der Waals surface area contributed by atoms with E-state index in [-0.39, 0.29) is 15.6 Å². The van der Waals surface area contributed by atoms with Gasteiger partial charge in [0.2, 0.25) is 5.65 Å². The molecule has 7 nitrogen and oxygen atoms in total. The predicted octanol–water partition coefficient (Wildman–Crippen LogP) is 3.26. The van der Waals surface area contributed by atoms with E-state index in [2.05, 4.69) is 15.3 Å². The first-order valence-corrected chi connectivity index (χ1v) is 10.9. The highest BCUT2D eigenvalue weighted by atomic mass is 32.3. The molecule has 1 atom stereocenters. The standard InChI is InChI=1S/C20H18FN5O2S/c21-14-10-12-25(13-11-14)18-16-8-4-5-9-17(16)26-19(22-18)20(23-24-26)29(27,28)15-6-2-1-3-7-15/h1-9,14H,10-13H2. The lowest BCUT2D eigenvalue weighted by molar-refractivity contribution is 0.277. The van der Waals surface area contributed by atoms with Crippen molar-refractivity contribution in [1.82, 2.24) is 19.8 Å². The van der Waals surface area contributed by atoms with Gasteiger partial charge in [-0.3, -0.25) is 0 Å². The van der Waals surface area contributed by atoms with Crippen LogP contribution >= 0.6 is 0 Å². The molecule has 0 amide bonds. The number of benzene rings is 2. The van der Waals surface area contributed by atoms with Gasteiger partial charge in [-0.2, -0.15) is 4.52 Å². The number of hydrogen-bond acceptors (Lipinski definition) is 6. The van der Waals surface area contributed by atoms with Gasteiger partial charge in [-0.15, -0.1) is 0 Å². The monoisotopic (exact) mass is 411 g/mol. The van der Waals surface area contributed by atoms with E-state index in [4.69, 9.17) is 0 Å². The molecule has 1 unspecified atom stereocenters. The number of hydrogen-bond donors (Lipinski definition) is 0. The molecule has 0 bridgehead atoms. The van der Waals surface area contributed by atoms with Crippen LogP contribution in [0.25, 0.3) is 16.6 Å². The number of rotatable bonds is 3. The first-order chi connectivity index (χ1) is 14.1. The molecule has 4 aromatic rings. The van der Waals surface area contributed by atoms with Crippen molar-refractivity contribution in [2.24, 2.45) is 0 Å². The number of halogens is 1. The van der Waals surface area contributed by atoms with E-state index in [9.17, 15) is 13.2 Å². The van der Waals surface area contributed by atoms with Gasteiger partial charge < -0.3 is 9.45 Å². The average molecular weight is 411 g/mol. The van der Waals surface area contributed by atoms with Gasteiger partial charge >= 0.3 is 5.03 Å². The Balaban J connectivity index is 1.74. The number of sulfone groups is 1. The zero-order chi connectivity index (χ0) is 20.0. The van der Waals surface area contributed by atoms with E-state index in [0.29, 0.717) is 37.3 Å². The van der Waals surface area contributed by atoms with Gasteiger partial charge in [-0.05, 0) is 37.1 Å². The third-order valence-corrected chi connectivity index (χ3v) is 6.90. The number of alkyl halides is 1. The predicted molar refractivity (Wildman–Crippen MR) is 106 cm³/mol. The Morgan fingerprint density at radius 3 is 2.48 bits per heavy atom. The smallest absolute Gasteiger partial charge is 0.317 e. The Kier molecular flexibility index (Phi) is 4.29. The third-order valence-electron chi connectivity index (χ3n) is 5.23. The Bertz CT molecular complexity index is 1240. The molecule has 29 heavy (non-hydrogen) atoms. The van der Waals surface area contributed by atoms with Gasteiger partial charge in [0.25, 0.3) is 0 Å². The maximum absolute atomic E-state index is 13.6. The first-order valence-electron chi connectivity index (χ1n) is 9.39. The fourth-order valence-electron chi connectivity index (χ4n) is 3.71. The summed E-state index contributed by atoms with van der Waals surface area (Å²) in [6, 6.07) is 15.6. The Labute approximate surface area is 167 Å². The van der Waals surface area contributed by atoms with Crippen molar-refractivity contribution in [3.8, 4) is 0 Å². The molecule has 1 saturated heterocycles. The summed E-state index contributed by atoms with van der Waals surface area (Å²) >= 11 is 0. The third kappa shape index (κ3) is 2.97. The van der Waals surface area contributed by atoms with Crippen LogP contribution in [0.3, 0.4) is 0 Å². The largest absolute Gasteiger partial charge is 0.604 e. The van der Waals surface area contributed by atoms with Gasteiger partial charge in [0, 0.05) is 18.5 Å². The van der Waals surface area contributed by atoms with Crippen molar-refractivity contribution >= 4 is 32.6 Å². The van der Waals surface area contributed by atoms with Crippen LogP contribution in [0.2, 0.25) is 0 Å². The van der Waals surface area contributed by atoms with Crippen molar-refractivity contribution < 1.29 is 13.2 Å². The molecule has 0 saturated carbocycles. The molecular formula is C20H18FN5O2S. The van der Waals surface area contributed by atoms with Crippen molar-refractivity contribution in [2.45, 2.75) is 28.9 Å². The second kappa shape index (κ2) is 6.85. The topological polar surface area (TPSA) is 86.4 Å². The minimum Gasteiger partial charge on any atom is -0.604 e. The van der Waals surface area contributed by atoms with Crippen LogP contribution in [0.4, 0.5) is 10.2 Å². The zero-order valence-electron chi connectivity index (χ0n) is 15.4. The van der Waals surface area contributed by atoms with Crippen molar-refractivity contribution in [2.75, 3.05) is 18.0 Å². The fraction of sp³-hybridized carbons (Fsp3) is 0.250. The van der Waals surface area contributed by atoms with Crippen molar-refractivity contribution in [1.29, 1.82) is 0 Å². The maximum atomic E-state index is 13.6. The van der Waals surface area contributed by atoms with Gasteiger partial charge in [0.1, 0.15) is 22.2 Å². The summed E-state index contributed by atoms with van der Waals surface area (Å²) in [5, 5.41) is 8.70. The highest BCUT2D eigenvalue weighted by Crippen LogP contribution is 2.33. The van der Waals surface area contributed by atoms with E-state index in [1.54, 1.807) is 18.2 Å². The number of anilines is 1. The summed E-state index contributed by atoms with van der Waals surface area (Å²) < 4.78 is 41.4. The van der Waals surface area contributed by atoms with Crippen LogP contribution in [0.15, 0.2) is 64.5 Å². The number of fused-ring (bicyclic) bond motifs is 3. The summed E-state index contributed by atoms with van der Waals surface area (Å²) in [6.45, 7) is 1.05. The van der Waals surface area contributed by atoms with Crippen LogP contribution in [-0.2, 0) is 14.4 Å². The van der Waals surface area contributed by atoms with Crippen LogP contribution in [-0.4, -0.2) is 43.6 Å². The summed E-state index contributed by atoms with van der Waals surface area (Å²) in [5.74, 6) is 0.631. The lowest BCUT2D eigenvalue weighted by atomic mass is 10.1. The van der Waals surface area contributed by atoms with E-state index in [1.165, 1.54) is 16.6 Å². The quantitative estimate of drug-likeness (QED) is 0.481. The second-order valence-corrected chi connectivity index (χ2v) is 8.93. The molecule has 0 aliphatic carbocycles. The van der Waals surface area contributed by atoms with Crippen LogP contribution in [0, 0.1) is 0 Å². The summed E-state index contributed by atoms with van der Waals surface area (Å²) in [5.41, 5.74) is 0.877. The fourth-order valence-corrected chi connectivity index (χ4v) is 4.97. The van der Waals surface area contributed by atoms with E-state index >= 15 is 0 Å². The van der Waals surface area contributed by atoms with E-state index in [0.717, 1.165) is 5.39 Å². The number of nitrogens with zero attached hydrogens (tertiary/aromatic N) is 5. The van der Waals surface area contributed by atoms with E-state index < -0.39 is 16.4 Å². The Morgan fingerprint density at radius 1 is 1.03 bits per heavy atom. The molecule has 5 rings (SSSR count). The maximum Gasteiger partial charge on any atom is 0.317 e. The molecule has 9 heteroatoms. The van der Waals surface area contributed by atoms with Gasteiger partial charge in [0.15, 0.2) is 4.90 Å². The lowest BCUT2D eigenvalue weighted by Gasteiger charge is -2.30. The van der Waals surface area contributed by atoms with Crippen LogP contribution in [0.1, 0.15) is 12.8 Å². The van der Waals surface area contributed by atoms with Crippen molar-refractivity contribution in [3.63, 3.8) is 0 Å². The van der Waals surface area contributed by atoms with E-state index in [1.807, 2.05) is 29.2 Å². The highest BCUT2D eigenvalue weighted by Gasteiger charge is 2.33. The minimum atomic E-state index is -3.88.